The number of carboxylic acid groups (broad SMARTS) is 1. The number of nitrogens with zero attached hydrogens (tertiary/aromatic N) is 1. The van der Waals surface area contributed by atoms with Crippen LogP contribution in [0.5, 0.6) is 0 Å². The number of thioether (sulfide) groups is 1. The van der Waals surface area contributed by atoms with Crippen molar-refractivity contribution >= 4 is 28.7 Å². The number of aliphatic carboxylic acids is 1. The Hall–Kier alpha value is -0.0700. The molecule has 0 bridgehead atoms. The summed E-state index contributed by atoms with van der Waals surface area (Å²) in [6.07, 6.45) is 0. The molecule has 0 aromatic rings. The molecule has 6 heteroatoms. The van der Waals surface area contributed by atoms with Crippen molar-refractivity contribution in [2.45, 2.75) is 25.1 Å². The molecule has 2 atom stereocenters. The van der Waals surface area contributed by atoms with E-state index in [2.05, 4.69) is 0 Å². The number of rotatable bonds is 3. The summed E-state index contributed by atoms with van der Waals surface area (Å²) in [6.45, 7) is 3.66. The van der Waals surface area contributed by atoms with Crippen LogP contribution in [0.25, 0.3) is 0 Å². The Morgan fingerprint density at radius 2 is 2.31 bits per heavy atom. The smallest absolute Gasteiger partial charge is 0.322 e. The van der Waals surface area contributed by atoms with E-state index in [1.54, 1.807) is 4.31 Å². The van der Waals surface area contributed by atoms with Crippen LogP contribution in [0.4, 0.5) is 0 Å². The van der Waals surface area contributed by atoms with Crippen LogP contribution in [0.2, 0.25) is 0 Å². The Morgan fingerprint density at radius 1 is 1.69 bits per heavy atom. The molecule has 0 spiro atoms. The summed E-state index contributed by atoms with van der Waals surface area (Å²) in [5.74, 6) is 0.217. The first-order chi connectivity index (χ1) is 6.04. The third-order valence-corrected chi connectivity index (χ3v) is 4.59. The molecule has 0 aliphatic carbocycles. The lowest BCUT2D eigenvalue weighted by molar-refractivity contribution is -0.140. The zero-order valence-corrected chi connectivity index (χ0v) is 9.23. The maximum Gasteiger partial charge on any atom is 0.322 e. The van der Waals surface area contributed by atoms with Crippen molar-refractivity contribution in [1.82, 2.24) is 4.31 Å². The molecule has 4 nitrogen and oxygen atoms in total. The molecule has 1 fully saturated rings. The predicted octanol–water partition coefficient (Wildman–Crippen LogP) is 0.518. The lowest BCUT2D eigenvalue weighted by atomic mass is 10.4. The summed E-state index contributed by atoms with van der Waals surface area (Å²) in [5, 5.41) is 8.81. The van der Waals surface area contributed by atoms with E-state index in [9.17, 15) is 9.00 Å². The van der Waals surface area contributed by atoms with Crippen LogP contribution in [-0.4, -0.2) is 42.5 Å². The van der Waals surface area contributed by atoms with Crippen molar-refractivity contribution < 1.29 is 14.1 Å². The van der Waals surface area contributed by atoms with E-state index in [-0.39, 0.29) is 5.25 Å². The van der Waals surface area contributed by atoms with Gasteiger partial charge in [0.05, 0.1) is 16.9 Å². The fourth-order valence-electron chi connectivity index (χ4n) is 1.07. The monoisotopic (exact) mass is 223 g/mol. The maximum atomic E-state index is 11.6. The number of hydrogen-bond acceptors (Lipinski definition) is 3. The molecule has 13 heavy (non-hydrogen) atoms. The van der Waals surface area contributed by atoms with Gasteiger partial charge in [0, 0.05) is 11.0 Å². The molecule has 0 amide bonds. The molecular weight excluding hydrogens is 210 g/mol. The van der Waals surface area contributed by atoms with Crippen LogP contribution in [0.1, 0.15) is 13.8 Å². The molecule has 0 aromatic carbocycles. The molecule has 1 aliphatic heterocycles. The molecule has 1 heterocycles. The Bertz CT molecular complexity index is 232. The molecule has 1 saturated heterocycles. The van der Waals surface area contributed by atoms with Gasteiger partial charge in [0.1, 0.15) is 6.04 Å². The predicted molar refractivity (Wildman–Crippen MR) is 53.9 cm³/mol. The fraction of sp³-hybridized carbons (Fsp3) is 0.857. The number of hydrogen-bond donors (Lipinski definition) is 1. The van der Waals surface area contributed by atoms with E-state index < -0.39 is 23.0 Å². The van der Waals surface area contributed by atoms with Crippen molar-refractivity contribution in [2.75, 3.05) is 11.6 Å². The summed E-state index contributed by atoms with van der Waals surface area (Å²) >= 11 is 1.52. The van der Waals surface area contributed by atoms with Gasteiger partial charge in [0.25, 0.3) is 0 Å². The van der Waals surface area contributed by atoms with Crippen LogP contribution >= 0.6 is 11.8 Å². The molecular formula is C7H13NO3S2. The van der Waals surface area contributed by atoms with Gasteiger partial charge in [0.15, 0.2) is 0 Å². The topological polar surface area (TPSA) is 57.6 Å². The number of carbonyl (C=O) groups is 1. The van der Waals surface area contributed by atoms with Crippen LogP contribution in [0.3, 0.4) is 0 Å². The summed E-state index contributed by atoms with van der Waals surface area (Å²) < 4.78 is 13.2. The minimum absolute atomic E-state index is 0.0134. The van der Waals surface area contributed by atoms with Gasteiger partial charge in [-0.05, 0) is 13.8 Å². The number of carboxylic acids is 1. The normalized spacial score (nSPS) is 26.5. The SMILES string of the molecule is CC(C)S(=O)N1CSC[C@H]1C(=O)O. The Kier molecular flexibility index (Phi) is 3.75. The second-order valence-electron chi connectivity index (χ2n) is 3.10. The summed E-state index contributed by atoms with van der Waals surface area (Å²) in [7, 11) is -1.17. The Balaban J connectivity index is 2.68. The maximum absolute atomic E-state index is 11.6. The molecule has 1 N–H and O–H groups in total. The van der Waals surface area contributed by atoms with Gasteiger partial charge in [-0.25, -0.2) is 4.21 Å². The van der Waals surface area contributed by atoms with Crippen molar-refractivity contribution in [3.63, 3.8) is 0 Å². The third-order valence-electron chi connectivity index (χ3n) is 1.76. The van der Waals surface area contributed by atoms with Gasteiger partial charge >= 0.3 is 5.97 Å². The molecule has 0 aromatic heterocycles. The van der Waals surface area contributed by atoms with Crippen LogP contribution < -0.4 is 0 Å². The van der Waals surface area contributed by atoms with Gasteiger partial charge in [-0.1, -0.05) is 0 Å². The van der Waals surface area contributed by atoms with E-state index in [4.69, 9.17) is 5.11 Å². The Morgan fingerprint density at radius 3 is 2.77 bits per heavy atom. The first-order valence-corrected chi connectivity index (χ1v) is 6.34. The average Bonchev–Trinajstić information content (AvgIpc) is 2.50. The lowest BCUT2D eigenvalue weighted by Crippen LogP contribution is -2.41. The first kappa shape index (κ1) is 11.0. The van der Waals surface area contributed by atoms with Crippen molar-refractivity contribution in [3.8, 4) is 0 Å². The molecule has 1 unspecified atom stereocenters. The van der Waals surface area contributed by atoms with Gasteiger partial charge in [0.2, 0.25) is 0 Å². The summed E-state index contributed by atoms with van der Waals surface area (Å²) in [6, 6.07) is -0.576. The zero-order valence-electron chi connectivity index (χ0n) is 7.60. The molecule has 0 radical (unpaired) electrons. The largest absolute Gasteiger partial charge is 0.480 e. The van der Waals surface area contributed by atoms with Gasteiger partial charge in [-0.3, -0.25) is 4.79 Å². The minimum Gasteiger partial charge on any atom is -0.480 e. The molecule has 0 saturated carbocycles. The summed E-state index contributed by atoms with van der Waals surface area (Å²) in [4.78, 5) is 10.7. The van der Waals surface area contributed by atoms with Crippen molar-refractivity contribution in [3.05, 3.63) is 0 Å². The first-order valence-electron chi connectivity index (χ1n) is 4.02. The molecule has 76 valence electrons. The average molecular weight is 223 g/mol. The molecule has 1 rings (SSSR count). The highest BCUT2D eigenvalue weighted by Gasteiger charge is 2.35. The lowest BCUT2D eigenvalue weighted by Gasteiger charge is -2.20. The third kappa shape index (κ3) is 2.45. The zero-order chi connectivity index (χ0) is 10.0. The standard InChI is InChI=1S/C7H13NO3S2/c1-5(2)13(11)8-4-12-3-6(8)7(9)10/h5-6H,3-4H2,1-2H3,(H,9,10)/t6-,13?/m0/s1. The van der Waals surface area contributed by atoms with Crippen LogP contribution in [-0.2, 0) is 15.8 Å². The highest BCUT2D eigenvalue weighted by Crippen LogP contribution is 2.23. The highest BCUT2D eigenvalue weighted by atomic mass is 32.2. The van der Waals surface area contributed by atoms with Crippen molar-refractivity contribution in [2.24, 2.45) is 0 Å². The quantitative estimate of drug-likeness (QED) is 0.757. The van der Waals surface area contributed by atoms with Crippen LogP contribution in [0, 0.1) is 0 Å². The second kappa shape index (κ2) is 4.43. The van der Waals surface area contributed by atoms with E-state index in [0.717, 1.165) is 0 Å². The molecule has 1 aliphatic rings. The van der Waals surface area contributed by atoms with E-state index >= 15 is 0 Å². The summed E-state index contributed by atoms with van der Waals surface area (Å²) in [5.41, 5.74) is 0. The van der Waals surface area contributed by atoms with Gasteiger partial charge < -0.3 is 5.11 Å². The minimum atomic E-state index is -1.17. The van der Waals surface area contributed by atoms with Crippen molar-refractivity contribution in [1.29, 1.82) is 0 Å². The van der Waals surface area contributed by atoms with Crippen LogP contribution in [0.15, 0.2) is 0 Å². The fourth-order valence-corrected chi connectivity index (χ4v) is 3.77. The van der Waals surface area contributed by atoms with E-state index in [1.165, 1.54) is 11.8 Å². The van der Waals surface area contributed by atoms with Gasteiger partial charge in [-0.15, -0.1) is 11.8 Å². The second-order valence-corrected chi connectivity index (χ2v) is 6.06. The van der Waals surface area contributed by atoms with E-state index in [0.29, 0.717) is 11.6 Å². The highest BCUT2D eigenvalue weighted by molar-refractivity contribution is 8.00. The van der Waals surface area contributed by atoms with E-state index in [1.807, 2.05) is 13.8 Å². The van der Waals surface area contributed by atoms with Gasteiger partial charge in [-0.2, -0.15) is 4.31 Å². The Labute approximate surface area is 84.3 Å².